The maximum absolute atomic E-state index is 5.07. The lowest BCUT2D eigenvalue weighted by molar-refractivity contribution is 0.590. The Kier molecular flexibility index (Phi) is 10.0. The highest BCUT2D eigenvalue weighted by molar-refractivity contribution is 7.00. The van der Waals surface area contributed by atoms with Gasteiger partial charge in [-0.15, -0.1) is 0 Å². The molecule has 0 aliphatic carbocycles. The minimum Gasteiger partial charge on any atom is -0.310 e. The van der Waals surface area contributed by atoms with Crippen molar-refractivity contribution < 1.29 is 0 Å². The summed E-state index contributed by atoms with van der Waals surface area (Å²) < 4.78 is 5.34. The Labute approximate surface area is 483 Å². The van der Waals surface area contributed by atoms with E-state index in [0.717, 1.165) is 33.5 Å². The fourth-order valence-electron chi connectivity index (χ4n) is 14.7. The van der Waals surface area contributed by atoms with Gasteiger partial charge in [-0.1, -0.05) is 199 Å². The molecule has 0 atom stereocenters. The molecule has 0 N–H and O–H groups in total. The van der Waals surface area contributed by atoms with E-state index >= 15 is 0 Å². The van der Waals surface area contributed by atoms with Gasteiger partial charge >= 0.3 is 0 Å². The minimum absolute atomic E-state index is 0.0523. The Hall–Kier alpha value is -9.84. The molecule has 83 heavy (non-hydrogen) atoms. The number of fused-ring (bicyclic) bond motifs is 17. The summed E-state index contributed by atoms with van der Waals surface area (Å²) in [6, 6.07) is 82.8. The first-order valence-corrected chi connectivity index (χ1v) is 29.2. The SMILES string of the molecule is CC(C)(C)c1ccc2c(c1)c1cc(C(C)(C)C)cc3c1n2-c1cc(-c2c(-c4cccnc4)cccc2-c2ccccn2)cc2c1B3c1cc(-c3ccccc3-c3ccccc3)cc3c4c5c6ccccc6c6ccccc6c5ccc4n-2c13. The van der Waals surface area contributed by atoms with Gasteiger partial charge in [0.15, 0.2) is 0 Å². The van der Waals surface area contributed by atoms with E-state index in [9.17, 15) is 0 Å². The van der Waals surface area contributed by atoms with E-state index in [1.807, 2.05) is 24.7 Å². The van der Waals surface area contributed by atoms with Gasteiger partial charge in [-0.3, -0.25) is 9.97 Å². The van der Waals surface area contributed by atoms with Crippen molar-refractivity contribution in [1.82, 2.24) is 19.1 Å². The molecule has 15 aromatic rings. The quantitative estimate of drug-likeness (QED) is 0.127. The molecule has 0 bridgehead atoms. The number of hydrogen-bond acceptors (Lipinski definition) is 2. The molecule has 0 saturated carbocycles. The summed E-state index contributed by atoms with van der Waals surface area (Å²) in [6.07, 6.45) is 5.79. The number of benzene rings is 11. The Morgan fingerprint density at radius 2 is 0.952 bits per heavy atom. The molecular weight excluding hydrogens is 1000 g/mol. The van der Waals surface area contributed by atoms with E-state index in [0.29, 0.717) is 0 Å². The maximum Gasteiger partial charge on any atom is 0.252 e. The van der Waals surface area contributed by atoms with Crippen molar-refractivity contribution in [2.75, 3.05) is 0 Å². The van der Waals surface area contributed by atoms with Crippen LogP contribution in [0.5, 0.6) is 0 Å². The van der Waals surface area contributed by atoms with Gasteiger partial charge in [0.05, 0.1) is 16.7 Å². The van der Waals surface area contributed by atoms with Crippen LogP contribution in [0.1, 0.15) is 52.7 Å². The Morgan fingerprint density at radius 3 is 1.66 bits per heavy atom. The zero-order valence-corrected chi connectivity index (χ0v) is 47.4. The third-order valence-electron chi connectivity index (χ3n) is 18.5. The van der Waals surface area contributed by atoms with E-state index in [1.165, 1.54) is 137 Å². The fraction of sp³-hybridized carbons (Fsp3) is 0.103. The summed E-state index contributed by atoms with van der Waals surface area (Å²) in [5.74, 6) is 0. The van der Waals surface area contributed by atoms with Gasteiger partial charge in [0, 0.05) is 79.1 Å². The molecule has 0 saturated heterocycles. The molecule has 11 aromatic carbocycles. The lowest BCUT2D eigenvalue weighted by Gasteiger charge is -2.35. The molecule has 2 aliphatic rings. The number of rotatable bonds is 5. The topological polar surface area (TPSA) is 35.6 Å². The van der Waals surface area contributed by atoms with Crippen molar-refractivity contribution in [2.45, 2.75) is 52.4 Å². The van der Waals surface area contributed by atoms with E-state index in [-0.39, 0.29) is 17.5 Å². The van der Waals surface area contributed by atoms with Crippen LogP contribution in [0, 0.1) is 0 Å². The first kappa shape index (κ1) is 47.9. The van der Waals surface area contributed by atoms with E-state index in [2.05, 4.69) is 263 Å². The second-order valence-corrected chi connectivity index (χ2v) is 25.3. The predicted molar refractivity (Wildman–Crippen MR) is 352 cm³/mol. The average Bonchev–Trinajstić information content (AvgIpc) is 1.69. The summed E-state index contributed by atoms with van der Waals surface area (Å²) in [5.41, 5.74) is 25.1. The van der Waals surface area contributed by atoms with Crippen LogP contribution in [-0.4, -0.2) is 25.8 Å². The van der Waals surface area contributed by atoms with Gasteiger partial charge in [0.25, 0.3) is 6.71 Å². The van der Waals surface area contributed by atoms with Gasteiger partial charge in [-0.2, -0.15) is 0 Å². The van der Waals surface area contributed by atoms with Crippen LogP contribution in [0.3, 0.4) is 0 Å². The van der Waals surface area contributed by atoms with Crippen molar-refractivity contribution in [2.24, 2.45) is 0 Å². The normalized spacial score (nSPS) is 12.9. The summed E-state index contributed by atoms with van der Waals surface area (Å²) in [5, 5.41) is 12.7. The van der Waals surface area contributed by atoms with Gasteiger partial charge in [-0.05, 0) is 165 Å². The third-order valence-corrected chi connectivity index (χ3v) is 18.5. The van der Waals surface area contributed by atoms with E-state index < -0.39 is 0 Å². The lowest BCUT2D eigenvalue weighted by atomic mass is 9.34. The van der Waals surface area contributed by atoms with E-state index in [1.54, 1.807) is 0 Å². The largest absolute Gasteiger partial charge is 0.310 e. The van der Waals surface area contributed by atoms with Gasteiger partial charge in [0.2, 0.25) is 0 Å². The van der Waals surface area contributed by atoms with Gasteiger partial charge in [0.1, 0.15) is 0 Å². The Balaban J connectivity index is 1.11. The van der Waals surface area contributed by atoms with E-state index in [4.69, 9.17) is 9.97 Å². The van der Waals surface area contributed by atoms with Gasteiger partial charge in [-0.25, -0.2) is 0 Å². The molecule has 5 heteroatoms. The van der Waals surface area contributed by atoms with Crippen LogP contribution >= 0.6 is 0 Å². The van der Waals surface area contributed by atoms with Crippen LogP contribution in [0.4, 0.5) is 0 Å². The number of aromatic nitrogens is 4. The standard InChI is InChI=1S/C78H57BN4/c1-77(2,3)50-32-34-67-61(42-50)62-43-51(78(4,5)6)44-65-75(62)82(67)69-40-49(71-54(47-22-19-36-80-45-47)29-18-30-60(71)66-31-16-17-37-81-66)41-70-74(69)79(65)64-39-48(53-24-11-10-23-52(53)46-20-8-7-9-21-46)38-63-73-68(83(70)76(63)64)35-33-59-57-27-13-12-25-55(57)56-26-14-15-28-58(56)72(59)73/h7-45H,1-6H3. The molecule has 17 rings (SSSR count). The van der Waals surface area contributed by atoms with Crippen molar-refractivity contribution >= 4 is 99.0 Å². The predicted octanol–water partition coefficient (Wildman–Crippen LogP) is 18.2. The Bertz CT molecular complexity index is 5180. The van der Waals surface area contributed by atoms with Crippen LogP contribution < -0.4 is 16.4 Å². The molecule has 4 nitrogen and oxygen atoms in total. The zero-order valence-electron chi connectivity index (χ0n) is 47.4. The molecule has 0 spiro atoms. The summed E-state index contributed by atoms with van der Waals surface area (Å²) in [4.78, 5) is 9.79. The van der Waals surface area contributed by atoms with Crippen molar-refractivity contribution in [1.29, 1.82) is 0 Å². The minimum atomic E-state index is -0.135. The van der Waals surface area contributed by atoms with Crippen LogP contribution in [0.2, 0.25) is 0 Å². The molecule has 2 aliphatic heterocycles. The lowest BCUT2D eigenvalue weighted by Crippen LogP contribution is -2.59. The fourth-order valence-corrected chi connectivity index (χ4v) is 14.7. The molecule has 0 amide bonds. The molecule has 0 unspecified atom stereocenters. The molecular formula is C78H57BN4. The average molecular weight is 1060 g/mol. The second kappa shape index (κ2) is 17.3. The summed E-state index contributed by atoms with van der Waals surface area (Å²) >= 11 is 0. The molecule has 6 heterocycles. The molecule has 0 fully saturated rings. The number of pyridine rings is 2. The first-order chi connectivity index (χ1) is 40.5. The Morgan fingerprint density at radius 1 is 0.361 bits per heavy atom. The summed E-state index contributed by atoms with van der Waals surface area (Å²) in [6.45, 7) is 14.0. The number of hydrogen-bond donors (Lipinski definition) is 0. The molecule has 0 radical (unpaired) electrons. The zero-order chi connectivity index (χ0) is 55.6. The van der Waals surface area contributed by atoms with Crippen LogP contribution in [-0.2, 0) is 10.8 Å². The van der Waals surface area contributed by atoms with Crippen molar-refractivity contribution in [3.8, 4) is 67.1 Å². The van der Waals surface area contributed by atoms with Crippen molar-refractivity contribution in [3.63, 3.8) is 0 Å². The summed E-state index contributed by atoms with van der Waals surface area (Å²) in [7, 11) is 0. The second-order valence-electron chi connectivity index (χ2n) is 25.3. The molecule has 392 valence electrons. The van der Waals surface area contributed by atoms with Crippen LogP contribution in [0.25, 0.3) is 143 Å². The third kappa shape index (κ3) is 6.88. The highest BCUT2D eigenvalue weighted by Gasteiger charge is 2.43. The molecule has 4 aromatic heterocycles. The van der Waals surface area contributed by atoms with Crippen molar-refractivity contribution in [3.05, 3.63) is 248 Å². The van der Waals surface area contributed by atoms with Gasteiger partial charge < -0.3 is 9.13 Å². The maximum atomic E-state index is 5.07. The first-order valence-electron chi connectivity index (χ1n) is 29.2. The highest BCUT2D eigenvalue weighted by Crippen LogP contribution is 2.49. The smallest absolute Gasteiger partial charge is 0.252 e. The monoisotopic (exact) mass is 1060 g/mol. The van der Waals surface area contributed by atoms with Crippen LogP contribution in [0.15, 0.2) is 237 Å². The highest BCUT2D eigenvalue weighted by atomic mass is 15.0. The number of nitrogens with zero attached hydrogens (tertiary/aromatic N) is 4.